The molecule has 1 saturated heterocycles. The van der Waals surface area contributed by atoms with Gasteiger partial charge in [-0.1, -0.05) is 17.7 Å². The standard InChI is InChI=1S/C23H27N3O3S2/c1-14-5-6-20(15(2)9-14)24-22(27)11-23-25-21(12-30-23)19-10-16(3)26(17(19)4)18-7-8-31(28,29)13-18/h5-6,9-10,12,18H,7-8,11,13H2,1-4H3,(H,24,27)/t18-/m1/s1. The Hall–Kier alpha value is -2.45. The number of nitrogens with zero attached hydrogens (tertiary/aromatic N) is 2. The van der Waals surface area contributed by atoms with E-state index in [1.807, 2.05) is 51.3 Å². The van der Waals surface area contributed by atoms with Crippen LogP contribution < -0.4 is 5.32 Å². The molecule has 0 bridgehead atoms. The number of hydrogen-bond acceptors (Lipinski definition) is 5. The highest BCUT2D eigenvalue weighted by Crippen LogP contribution is 2.34. The molecule has 1 aromatic carbocycles. The number of carbonyl (C=O) groups excluding carboxylic acids is 1. The van der Waals surface area contributed by atoms with E-state index in [4.69, 9.17) is 4.98 Å². The molecule has 0 spiro atoms. The van der Waals surface area contributed by atoms with E-state index in [1.165, 1.54) is 11.3 Å². The summed E-state index contributed by atoms with van der Waals surface area (Å²) in [6.45, 7) is 8.03. The maximum atomic E-state index is 12.5. The van der Waals surface area contributed by atoms with Gasteiger partial charge in [0.1, 0.15) is 5.01 Å². The molecule has 0 radical (unpaired) electrons. The number of aromatic nitrogens is 2. The molecule has 2 aromatic heterocycles. The summed E-state index contributed by atoms with van der Waals surface area (Å²) in [7, 11) is -2.95. The summed E-state index contributed by atoms with van der Waals surface area (Å²) in [5.41, 5.74) is 6.91. The molecule has 1 fully saturated rings. The first-order chi connectivity index (χ1) is 14.6. The van der Waals surface area contributed by atoms with Crippen molar-refractivity contribution in [2.75, 3.05) is 16.8 Å². The number of thiazole rings is 1. The van der Waals surface area contributed by atoms with Crippen LogP contribution in [0, 0.1) is 27.7 Å². The normalized spacial score (nSPS) is 17.7. The molecular weight excluding hydrogens is 430 g/mol. The molecule has 8 heteroatoms. The van der Waals surface area contributed by atoms with Crippen molar-refractivity contribution < 1.29 is 13.2 Å². The number of amides is 1. The molecule has 4 rings (SSSR count). The summed E-state index contributed by atoms with van der Waals surface area (Å²) in [6.07, 6.45) is 0.872. The fourth-order valence-corrected chi connectivity index (χ4v) is 6.87. The van der Waals surface area contributed by atoms with Crippen LogP contribution in [0.25, 0.3) is 11.3 Å². The lowest BCUT2D eigenvalue weighted by molar-refractivity contribution is -0.115. The van der Waals surface area contributed by atoms with Crippen LogP contribution in [0.1, 0.15) is 40.0 Å². The van der Waals surface area contributed by atoms with Crippen LogP contribution in [-0.2, 0) is 21.1 Å². The van der Waals surface area contributed by atoms with Gasteiger partial charge in [-0.15, -0.1) is 11.3 Å². The minimum atomic E-state index is -2.95. The number of aryl methyl sites for hydroxylation is 3. The van der Waals surface area contributed by atoms with Crippen molar-refractivity contribution in [3.63, 3.8) is 0 Å². The third kappa shape index (κ3) is 4.60. The molecule has 31 heavy (non-hydrogen) atoms. The van der Waals surface area contributed by atoms with Crippen molar-refractivity contribution in [3.05, 3.63) is 57.2 Å². The molecular formula is C23H27N3O3S2. The predicted octanol–water partition coefficient (Wildman–Crippen LogP) is 4.39. The van der Waals surface area contributed by atoms with Gasteiger partial charge < -0.3 is 9.88 Å². The number of hydrogen-bond donors (Lipinski definition) is 1. The zero-order chi connectivity index (χ0) is 22.3. The summed E-state index contributed by atoms with van der Waals surface area (Å²) in [5, 5.41) is 5.70. The third-order valence-electron chi connectivity index (χ3n) is 5.85. The van der Waals surface area contributed by atoms with Crippen LogP contribution in [0.3, 0.4) is 0 Å². The summed E-state index contributed by atoms with van der Waals surface area (Å²) in [6, 6.07) is 8.00. The Morgan fingerprint density at radius 1 is 1.23 bits per heavy atom. The highest BCUT2D eigenvalue weighted by Gasteiger charge is 2.31. The zero-order valence-electron chi connectivity index (χ0n) is 18.2. The maximum absolute atomic E-state index is 12.5. The van der Waals surface area contributed by atoms with Crippen LogP contribution >= 0.6 is 11.3 Å². The van der Waals surface area contributed by atoms with Gasteiger partial charge in [0.2, 0.25) is 5.91 Å². The number of rotatable bonds is 5. The first kappa shape index (κ1) is 21.8. The number of nitrogens with one attached hydrogen (secondary N) is 1. The minimum absolute atomic E-state index is 0.0135. The molecule has 1 amide bonds. The lowest BCUT2D eigenvalue weighted by Gasteiger charge is -2.16. The van der Waals surface area contributed by atoms with Crippen LogP contribution in [0.5, 0.6) is 0 Å². The van der Waals surface area contributed by atoms with E-state index in [1.54, 1.807) is 0 Å². The lowest BCUT2D eigenvalue weighted by atomic mass is 10.1. The Balaban J connectivity index is 1.50. The average Bonchev–Trinajstić information content (AvgIpc) is 3.35. The van der Waals surface area contributed by atoms with Crippen LogP contribution in [0.4, 0.5) is 5.69 Å². The van der Waals surface area contributed by atoms with Gasteiger partial charge in [0.25, 0.3) is 0 Å². The molecule has 1 N–H and O–H groups in total. The first-order valence-electron chi connectivity index (χ1n) is 10.3. The second-order valence-corrected chi connectivity index (χ2v) is 11.6. The van der Waals surface area contributed by atoms with E-state index in [0.717, 1.165) is 44.5 Å². The van der Waals surface area contributed by atoms with Gasteiger partial charge in [0, 0.05) is 34.1 Å². The van der Waals surface area contributed by atoms with Crippen molar-refractivity contribution in [2.24, 2.45) is 0 Å². The molecule has 0 aliphatic carbocycles. The maximum Gasteiger partial charge on any atom is 0.231 e. The Morgan fingerprint density at radius 2 is 2.00 bits per heavy atom. The van der Waals surface area contributed by atoms with E-state index < -0.39 is 9.84 Å². The molecule has 3 heterocycles. The van der Waals surface area contributed by atoms with Crippen LogP contribution in [-0.4, -0.2) is 35.4 Å². The van der Waals surface area contributed by atoms with Gasteiger partial charge in [-0.2, -0.15) is 0 Å². The Labute approximate surface area is 187 Å². The van der Waals surface area contributed by atoms with Gasteiger partial charge >= 0.3 is 0 Å². The predicted molar refractivity (Wildman–Crippen MR) is 126 cm³/mol. The van der Waals surface area contributed by atoms with Gasteiger partial charge in [-0.3, -0.25) is 4.79 Å². The van der Waals surface area contributed by atoms with Crippen molar-refractivity contribution in [3.8, 4) is 11.3 Å². The van der Waals surface area contributed by atoms with Crippen LogP contribution in [0.15, 0.2) is 29.6 Å². The summed E-state index contributed by atoms with van der Waals surface area (Å²) in [5.74, 6) is 0.360. The summed E-state index contributed by atoms with van der Waals surface area (Å²) < 4.78 is 26.0. The molecule has 6 nitrogen and oxygen atoms in total. The highest BCUT2D eigenvalue weighted by atomic mass is 32.2. The SMILES string of the molecule is Cc1ccc(NC(=O)Cc2nc(-c3cc(C)n([C@@H]4CCS(=O)(=O)C4)c3C)cs2)c(C)c1. The fourth-order valence-electron chi connectivity index (χ4n) is 4.38. The number of anilines is 1. The number of benzene rings is 1. The largest absolute Gasteiger partial charge is 0.344 e. The first-order valence-corrected chi connectivity index (χ1v) is 13.0. The lowest BCUT2D eigenvalue weighted by Crippen LogP contribution is -2.15. The van der Waals surface area contributed by atoms with Crippen molar-refractivity contribution in [1.29, 1.82) is 0 Å². The minimum Gasteiger partial charge on any atom is -0.344 e. The third-order valence-corrected chi connectivity index (χ3v) is 8.45. The van der Waals surface area contributed by atoms with Gasteiger partial charge in [-0.05, 0) is 51.8 Å². The average molecular weight is 458 g/mol. The van der Waals surface area contributed by atoms with Gasteiger partial charge in [0.05, 0.1) is 23.6 Å². The molecule has 0 saturated carbocycles. The Kier molecular flexibility index (Phi) is 5.79. The summed E-state index contributed by atoms with van der Waals surface area (Å²) >= 11 is 1.47. The highest BCUT2D eigenvalue weighted by molar-refractivity contribution is 7.91. The van der Waals surface area contributed by atoms with Crippen LogP contribution in [0.2, 0.25) is 0 Å². The van der Waals surface area contributed by atoms with E-state index in [0.29, 0.717) is 6.42 Å². The quantitative estimate of drug-likeness (QED) is 0.616. The second kappa shape index (κ2) is 8.24. The fraction of sp³-hybridized carbons (Fsp3) is 0.391. The molecule has 3 aromatic rings. The van der Waals surface area contributed by atoms with Gasteiger partial charge in [-0.25, -0.2) is 13.4 Å². The van der Waals surface area contributed by atoms with E-state index in [-0.39, 0.29) is 29.9 Å². The van der Waals surface area contributed by atoms with E-state index >= 15 is 0 Å². The Morgan fingerprint density at radius 3 is 2.68 bits per heavy atom. The smallest absolute Gasteiger partial charge is 0.231 e. The zero-order valence-corrected chi connectivity index (χ0v) is 19.9. The number of carbonyl (C=O) groups is 1. The second-order valence-electron chi connectivity index (χ2n) is 8.38. The van der Waals surface area contributed by atoms with E-state index in [2.05, 4.69) is 16.0 Å². The van der Waals surface area contributed by atoms with E-state index in [9.17, 15) is 13.2 Å². The van der Waals surface area contributed by atoms with Crippen molar-refractivity contribution in [2.45, 2.75) is 46.6 Å². The molecule has 1 aliphatic rings. The topological polar surface area (TPSA) is 81.1 Å². The number of sulfone groups is 1. The molecule has 1 atom stereocenters. The summed E-state index contributed by atoms with van der Waals surface area (Å²) in [4.78, 5) is 17.2. The van der Waals surface area contributed by atoms with Crippen molar-refractivity contribution in [1.82, 2.24) is 9.55 Å². The molecule has 1 aliphatic heterocycles. The monoisotopic (exact) mass is 457 g/mol. The molecule has 0 unspecified atom stereocenters. The molecule has 164 valence electrons. The van der Waals surface area contributed by atoms with Gasteiger partial charge in [0.15, 0.2) is 9.84 Å². The Bertz CT molecular complexity index is 1260. The van der Waals surface area contributed by atoms with Crippen molar-refractivity contribution >= 4 is 32.8 Å².